The smallest absolute Gasteiger partial charge is 0.238 e. The third-order valence-electron chi connectivity index (χ3n) is 3.62. The molecule has 0 aromatic carbocycles. The SMILES string of the molecule is CCCNC(=O)CN(CCC)CC(=O)Nc1c(C)nn(C)c1C. The van der Waals surface area contributed by atoms with E-state index in [1.165, 1.54) is 0 Å². The van der Waals surface area contributed by atoms with Crippen molar-refractivity contribution in [1.82, 2.24) is 20.0 Å². The Hall–Kier alpha value is -1.89. The van der Waals surface area contributed by atoms with Crippen molar-refractivity contribution in [2.75, 3.05) is 31.5 Å². The van der Waals surface area contributed by atoms with E-state index in [0.717, 1.165) is 29.9 Å². The molecule has 0 saturated heterocycles. The Balaban J connectivity index is 2.61. The lowest BCUT2D eigenvalue weighted by Crippen LogP contribution is -2.41. The highest BCUT2D eigenvalue weighted by atomic mass is 16.2. The number of aryl methyl sites for hydroxylation is 2. The highest BCUT2D eigenvalue weighted by Gasteiger charge is 2.16. The lowest BCUT2D eigenvalue weighted by atomic mass is 10.3. The zero-order valence-electron chi connectivity index (χ0n) is 14.9. The van der Waals surface area contributed by atoms with E-state index in [4.69, 9.17) is 0 Å². The first-order valence-electron chi connectivity index (χ1n) is 8.18. The maximum atomic E-state index is 12.3. The van der Waals surface area contributed by atoms with Crippen molar-refractivity contribution in [3.63, 3.8) is 0 Å². The minimum Gasteiger partial charge on any atom is -0.355 e. The lowest BCUT2D eigenvalue weighted by molar-refractivity contribution is -0.123. The summed E-state index contributed by atoms with van der Waals surface area (Å²) in [4.78, 5) is 26.0. The monoisotopic (exact) mass is 323 g/mol. The summed E-state index contributed by atoms with van der Waals surface area (Å²) in [5, 5.41) is 10.0. The van der Waals surface area contributed by atoms with Gasteiger partial charge in [-0.1, -0.05) is 13.8 Å². The Bertz CT molecular complexity index is 539. The number of carbonyl (C=O) groups is 2. The van der Waals surface area contributed by atoms with Gasteiger partial charge < -0.3 is 10.6 Å². The van der Waals surface area contributed by atoms with Crippen LogP contribution in [0.1, 0.15) is 38.1 Å². The average Bonchev–Trinajstić information content (AvgIpc) is 2.71. The van der Waals surface area contributed by atoms with E-state index in [1.54, 1.807) is 4.68 Å². The Morgan fingerprint density at radius 2 is 1.78 bits per heavy atom. The zero-order valence-corrected chi connectivity index (χ0v) is 14.9. The van der Waals surface area contributed by atoms with Crippen LogP contribution in [-0.2, 0) is 16.6 Å². The molecular formula is C16H29N5O2. The molecule has 7 heteroatoms. The van der Waals surface area contributed by atoms with Crippen molar-refractivity contribution in [1.29, 1.82) is 0 Å². The van der Waals surface area contributed by atoms with E-state index in [0.29, 0.717) is 13.1 Å². The molecule has 1 rings (SSSR count). The molecule has 1 aromatic heterocycles. The van der Waals surface area contributed by atoms with Crippen LogP contribution in [0.4, 0.5) is 5.69 Å². The van der Waals surface area contributed by atoms with Gasteiger partial charge in [0.15, 0.2) is 0 Å². The summed E-state index contributed by atoms with van der Waals surface area (Å²) in [5.74, 6) is -0.164. The molecule has 0 aliphatic carbocycles. The molecule has 0 bridgehead atoms. The van der Waals surface area contributed by atoms with Gasteiger partial charge in [0.1, 0.15) is 0 Å². The van der Waals surface area contributed by atoms with E-state index >= 15 is 0 Å². The molecule has 1 aromatic rings. The standard InChI is InChI=1S/C16H29N5O2/c1-6-8-17-14(22)10-21(9-7-2)11-15(23)18-16-12(3)19-20(5)13(16)4/h6-11H2,1-5H3,(H,17,22)(H,18,23). The summed E-state index contributed by atoms with van der Waals surface area (Å²) in [5.41, 5.74) is 2.46. The molecular weight excluding hydrogens is 294 g/mol. The van der Waals surface area contributed by atoms with Crippen LogP contribution in [0, 0.1) is 13.8 Å². The number of anilines is 1. The molecule has 0 atom stereocenters. The molecule has 0 radical (unpaired) electrons. The summed E-state index contributed by atoms with van der Waals surface area (Å²) in [6.45, 7) is 9.63. The molecule has 0 aliphatic rings. The van der Waals surface area contributed by atoms with Gasteiger partial charge in [0.2, 0.25) is 11.8 Å². The fourth-order valence-corrected chi connectivity index (χ4v) is 2.39. The van der Waals surface area contributed by atoms with Gasteiger partial charge in [-0.3, -0.25) is 19.2 Å². The highest BCUT2D eigenvalue weighted by molar-refractivity contribution is 5.93. The maximum Gasteiger partial charge on any atom is 0.238 e. The van der Waals surface area contributed by atoms with Crippen LogP contribution in [0.5, 0.6) is 0 Å². The van der Waals surface area contributed by atoms with E-state index in [2.05, 4.69) is 15.7 Å². The van der Waals surface area contributed by atoms with Gasteiger partial charge in [0, 0.05) is 13.6 Å². The number of amides is 2. The predicted octanol–water partition coefficient (Wildman–Crippen LogP) is 1.21. The van der Waals surface area contributed by atoms with E-state index in [1.807, 2.05) is 39.6 Å². The summed E-state index contributed by atoms with van der Waals surface area (Å²) < 4.78 is 1.74. The fourth-order valence-electron chi connectivity index (χ4n) is 2.39. The minimum absolute atomic E-state index is 0.0400. The Morgan fingerprint density at radius 3 is 2.30 bits per heavy atom. The summed E-state index contributed by atoms with van der Waals surface area (Å²) in [7, 11) is 1.85. The van der Waals surface area contributed by atoms with Crippen molar-refractivity contribution < 1.29 is 9.59 Å². The van der Waals surface area contributed by atoms with Crippen molar-refractivity contribution in [2.45, 2.75) is 40.5 Å². The zero-order chi connectivity index (χ0) is 17.4. The molecule has 0 unspecified atom stereocenters. The second-order valence-corrected chi connectivity index (χ2v) is 5.78. The molecule has 130 valence electrons. The van der Waals surface area contributed by atoms with Gasteiger partial charge in [-0.15, -0.1) is 0 Å². The molecule has 23 heavy (non-hydrogen) atoms. The summed E-state index contributed by atoms with van der Waals surface area (Å²) in [6, 6.07) is 0. The average molecular weight is 323 g/mol. The van der Waals surface area contributed by atoms with Crippen molar-refractivity contribution in [2.24, 2.45) is 7.05 Å². The normalized spacial score (nSPS) is 10.9. The summed E-state index contributed by atoms with van der Waals surface area (Å²) >= 11 is 0. The van der Waals surface area contributed by atoms with E-state index in [-0.39, 0.29) is 24.9 Å². The Morgan fingerprint density at radius 1 is 1.13 bits per heavy atom. The van der Waals surface area contributed by atoms with Crippen LogP contribution in [0.2, 0.25) is 0 Å². The van der Waals surface area contributed by atoms with Crippen LogP contribution in [0.15, 0.2) is 0 Å². The molecule has 0 aliphatic heterocycles. The van der Waals surface area contributed by atoms with Crippen LogP contribution < -0.4 is 10.6 Å². The molecule has 2 amide bonds. The van der Waals surface area contributed by atoms with Crippen molar-refractivity contribution >= 4 is 17.5 Å². The fraction of sp³-hybridized carbons (Fsp3) is 0.688. The van der Waals surface area contributed by atoms with Crippen molar-refractivity contribution in [3.8, 4) is 0 Å². The third kappa shape index (κ3) is 6.02. The van der Waals surface area contributed by atoms with Gasteiger partial charge in [-0.25, -0.2) is 0 Å². The summed E-state index contributed by atoms with van der Waals surface area (Å²) in [6.07, 6.45) is 1.79. The highest BCUT2D eigenvalue weighted by Crippen LogP contribution is 2.18. The van der Waals surface area contributed by atoms with Crippen LogP contribution in [-0.4, -0.2) is 52.7 Å². The van der Waals surface area contributed by atoms with E-state index < -0.39 is 0 Å². The topological polar surface area (TPSA) is 79.3 Å². The first-order valence-corrected chi connectivity index (χ1v) is 8.18. The van der Waals surface area contributed by atoms with Gasteiger partial charge in [-0.2, -0.15) is 5.10 Å². The first kappa shape index (κ1) is 19.2. The molecule has 7 nitrogen and oxygen atoms in total. The Labute approximate surface area is 138 Å². The van der Waals surface area contributed by atoms with Gasteiger partial charge in [-0.05, 0) is 33.2 Å². The number of nitrogens with zero attached hydrogens (tertiary/aromatic N) is 3. The lowest BCUT2D eigenvalue weighted by Gasteiger charge is -2.20. The number of hydrogen-bond acceptors (Lipinski definition) is 4. The number of aromatic nitrogens is 2. The van der Waals surface area contributed by atoms with Gasteiger partial charge in [0.25, 0.3) is 0 Å². The van der Waals surface area contributed by atoms with Gasteiger partial charge in [0.05, 0.1) is 30.2 Å². The molecule has 0 spiro atoms. The van der Waals surface area contributed by atoms with Crippen LogP contribution >= 0.6 is 0 Å². The van der Waals surface area contributed by atoms with Crippen LogP contribution in [0.25, 0.3) is 0 Å². The number of hydrogen-bond donors (Lipinski definition) is 2. The van der Waals surface area contributed by atoms with Crippen molar-refractivity contribution in [3.05, 3.63) is 11.4 Å². The molecule has 0 saturated carbocycles. The maximum absolute atomic E-state index is 12.3. The number of rotatable bonds is 9. The third-order valence-corrected chi connectivity index (χ3v) is 3.62. The minimum atomic E-state index is -0.124. The second kappa shape index (κ2) is 9.29. The number of nitrogens with one attached hydrogen (secondary N) is 2. The first-order chi connectivity index (χ1) is 10.9. The second-order valence-electron chi connectivity index (χ2n) is 5.78. The predicted molar refractivity (Wildman–Crippen MR) is 91.3 cm³/mol. The van der Waals surface area contributed by atoms with Crippen LogP contribution in [0.3, 0.4) is 0 Å². The van der Waals surface area contributed by atoms with E-state index in [9.17, 15) is 9.59 Å². The molecule has 0 fully saturated rings. The van der Waals surface area contributed by atoms with Gasteiger partial charge >= 0.3 is 0 Å². The largest absolute Gasteiger partial charge is 0.355 e. The molecule has 1 heterocycles. The quantitative estimate of drug-likeness (QED) is 0.716. The number of carbonyl (C=O) groups excluding carboxylic acids is 2. The Kier molecular flexibility index (Phi) is 7.74. The molecule has 2 N–H and O–H groups in total.